The van der Waals surface area contributed by atoms with Gasteiger partial charge in [0.25, 0.3) is 0 Å². The third-order valence-electron chi connectivity index (χ3n) is 3.54. The number of carbonyl (C=O) groups is 1. The van der Waals surface area contributed by atoms with Crippen LogP contribution in [-0.2, 0) is 14.8 Å². The molecular weight excluding hydrogens is 314 g/mol. The van der Waals surface area contributed by atoms with Crippen LogP contribution in [-0.4, -0.2) is 20.0 Å². The van der Waals surface area contributed by atoms with E-state index in [1.165, 1.54) is 17.1 Å². The number of rotatable bonds is 4. The number of nitrogens with one attached hydrogen (secondary N) is 2. The molecule has 0 saturated carbocycles. The summed E-state index contributed by atoms with van der Waals surface area (Å²) in [6, 6.07) is 17.1. The van der Waals surface area contributed by atoms with Crippen molar-refractivity contribution in [2.24, 2.45) is 0 Å². The van der Waals surface area contributed by atoms with Crippen molar-refractivity contribution in [3.05, 3.63) is 60.7 Å². The third kappa shape index (κ3) is 3.26. The van der Waals surface area contributed by atoms with E-state index in [9.17, 15) is 13.2 Å². The van der Waals surface area contributed by atoms with E-state index in [1.807, 2.05) is 18.2 Å². The van der Waals surface area contributed by atoms with Crippen molar-refractivity contribution in [2.45, 2.75) is 23.9 Å². The number of nitrogens with zero attached hydrogens (tertiary/aromatic N) is 1. The van der Waals surface area contributed by atoms with E-state index in [1.54, 1.807) is 37.3 Å². The molecule has 0 spiro atoms. The molecule has 2 aromatic carbocycles. The summed E-state index contributed by atoms with van der Waals surface area (Å²) in [6.45, 7) is 1.65. The van der Waals surface area contributed by atoms with Gasteiger partial charge in [-0.2, -0.15) is 4.72 Å². The molecule has 1 aliphatic rings. The molecule has 1 amide bonds. The minimum absolute atomic E-state index is 0.0218. The fraction of sp³-hybridized carbons (Fsp3) is 0.188. The Kier molecular flexibility index (Phi) is 3.93. The Morgan fingerprint density at radius 2 is 1.61 bits per heavy atom. The van der Waals surface area contributed by atoms with Crippen LogP contribution in [0.25, 0.3) is 0 Å². The molecular formula is C16H17N3O3S. The number of benzene rings is 2. The summed E-state index contributed by atoms with van der Waals surface area (Å²) in [5, 5.41) is 1.37. The van der Waals surface area contributed by atoms with Crippen LogP contribution in [0.3, 0.4) is 0 Å². The van der Waals surface area contributed by atoms with Gasteiger partial charge in [0, 0.05) is 0 Å². The molecule has 0 aliphatic carbocycles. The van der Waals surface area contributed by atoms with E-state index in [0.717, 1.165) is 0 Å². The van der Waals surface area contributed by atoms with Crippen LogP contribution in [0.15, 0.2) is 65.6 Å². The van der Waals surface area contributed by atoms with Crippen LogP contribution in [0, 0.1) is 0 Å². The average Bonchev–Trinajstić information content (AvgIpc) is 2.83. The van der Waals surface area contributed by atoms with Crippen LogP contribution in [0.5, 0.6) is 0 Å². The highest BCUT2D eigenvalue weighted by Gasteiger charge is 2.42. The summed E-state index contributed by atoms with van der Waals surface area (Å²) < 4.78 is 27.5. The number of anilines is 1. The molecule has 6 nitrogen and oxygen atoms in total. The summed E-state index contributed by atoms with van der Waals surface area (Å²) in [4.78, 5) is 12.4. The van der Waals surface area contributed by atoms with Crippen molar-refractivity contribution in [3.63, 3.8) is 0 Å². The van der Waals surface area contributed by atoms with E-state index in [0.29, 0.717) is 5.69 Å². The monoisotopic (exact) mass is 331 g/mol. The van der Waals surface area contributed by atoms with Gasteiger partial charge in [-0.25, -0.2) is 18.9 Å². The zero-order chi connectivity index (χ0) is 16.5. The molecule has 0 bridgehead atoms. The van der Waals surface area contributed by atoms with Gasteiger partial charge < -0.3 is 0 Å². The number of hydrogen-bond acceptors (Lipinski definition) is 4. The summed E-state index contributed by atoms with van der Waals surface area (Å²) in [5.74, 6) is -0.200. The Balaban J connectivity index is 1.83. The van der Waals surface area contributed by atoms with Gasteiger partial charge in [-0.15, -0.1) is 0 Å². The van der Waals surface area contributed by atoms with E-state index < -0.39 is 15.7 Å². The summed E-state index contributed by atoms with van der Waals surface area (Å²) >= 11 is 0. The summed E-state index contributed by atoms with van der Waals surface area (Å²) in [5.41, 5.74) is 2.54. The van der Waals surface area contributed by atoms with Crippen molar-refractivity contribution < 1.29 is 13.2 Å². The first-order valence-electron chi connectivity index (χ1n) is 7.15. The number of hydrogen-bond donors (Lipinski definition) is 2. The Hall–Kier alpha value is -2.22. The Morgan fingerprint density at radius 1 is 1.04 bits per heavy atom. The highest BCUT2D eigenvalue weighted by atomic mass is 32.2. The predicted octanol–water partition coefficient (Wildman–Crippen LogP) is 1.62. The molecule has 23 heavy (non-hydrogen) atoms. The molecule has 1 heterocycles. The Morgan fingerprint density at radius 3 is 2.22 bits per heavy atom. The van der Waals surface area contributed by atoms with Crippen LogP contribution in [0.1, 0.15) is 13.3 Å². The molecule has 2 aromatic rings. The van der Waals surface area contributed by atoms with Crippen molar-refractivity contribution in [2.75, 3.05) is 5.01 Å². The zero-order valence-electron chi connectivity index (χ0n) is 12.6. The number of hydrazine groups is 1. The molecule has 0 radical (unpaired) electrons. The van der Waals surface area contributed by atoms with Crippen LogP contribution in [0.4, 0.5) is 5.69 Å². The second kappa shape index (κ2) is 5.77. The average molecular weight is 331 g/mol. The molecule has 1 aliphatic heterocycles. The minimum atomic E-state index is -3.72. The maximum absolute atomic E-state index is 12.5. The number of para-hydroxylation sites is 1. The van der Waals surface area contributed by atoms with Crippen LogP contribution >= 0.6 is 0 Å². The van der Waals surface area contributed by atoms with E-state index in [-0.39, 0.29) is 17.2 Å². The normalized spacial score (nSPS) is 21.6. The first-order valence-corrected chi connectivity index (χ1v) is 8.63. The van der Waals surface area contributed by atoms with Crippen molar-refractivity contribution in [1.82, 2.24) is 10.1 Å². The summed E-state index contributed by atoms with van der Waals surface area (Å²) in [7, 11) is -3.72. The summed E-state index contributed by atoms with van der Waals surface area (Å²) in [6.07, 6.45) is 0.0218. The third-order valence-corrected chi connectivity index (χ3v) is 5.15. The lowest BCUT2D eigenvalue weighted by Crippen LogP contribution is -2.55. The van der Waals surface area contributed by atoms with Crippen LogP contribution < -0.4 is 15.2 Å². The van der Waals surface area contributed by atoms with Gasteiger partial charge in [0.1, 0.15) is 5.66 Å². The highest BCUT2D eigenvalue weighted by molar-refractivity contribution is 7.89. The smallest absolute Gasteiger partial charge is 0.244 e. The largest absolute Gasteiger partial charge is 0.273 e. The molecule has 1 unspecified atom stereocenters. The van der Waals surface area contributed by atoms with Gasteiger partial charge in [-0.1, -0.05) is 36.4 Å². The Bertz CT molecular complexity index is 809. The van der Waals surface area contributed by atoms with Gasteiger partial charge in [0.15, 0.2) is 0 Å². The fourth-order valence-corrected chi connectivity index (χ4v) is 3.87. The molecule has 1 saturated heterocycles. The topological polar surface area (TPSA) is 78.5 Å². The van der Waals surface area contributed by atoms with Crippen molar-refractivity contribution in [1.29, 1.82) is 0 Å². The standard InChI is InChI=1S/C16H17N3O3S/c1-16(18-23(21,22)14-10-6-3-7-11-14)12-15(20)19(17-16)13-8-4-2-5-9-13/h2-11,17-18H,12H2,1H3. The highest BCUT2D eigenvalue weighted by Crippen LogP contribution is 2.24. The van der Waals surface area contributed by atoms with E-state index in [4.69, 9.17) is 0 Å². The predicted molar refractivity (Wildman–Crippen MR) is 86.8 cm³/mol. The number of sulfonamides is 1. The number of amides is 1. The SMILES string of the molecule is CC1(NS(=O)(=O)c2ccccc2)CC(=O)N(c2ccccc2)N1. The molecule has 1 fully saturated rings. The quantitative estimate of drug-likeness (QED) is 0.892. The molecule has 1 atom stereocenters. The fourth-order valence-electron chi connectivity index (χ4n) is 2.53. The maximum atomic E-state index is 12.5. The van der Waals surface area contributed by atoms with Crippen LogP contribution in [0.2, 0.25) is 0 Å². The Labute approximate surface area is 135 Å². The zero-order valence-corrected chi connectivity index (χ0v) is 13.4. The minimum Gasteiger partial charge on any atom is -0.273 e. The van der Waals surface area contributed by atoms with Gasteiger partial charge >= 0.3 is 0 Å². The van der Waals surface area contributed by atoms with Crippen molar-refractivity contribution in [3.8, 4) is 0 Å². The molecule has 0 aromatic heterocycles. The van der Waals surface area contributed by atoms with Gasteiger partial charge in [-0.3, -0.25) is 4.79 Å². The van der Waals surface area contributed by atoms with Gasteiger partial charge in [0.2, 0.25) is 15.9 Å². The lowest BCUT2D eigenvalue weighted by molar-refractivity contribution is -0.117. The van der Waals surface area contributed by atoms with Gasteiger partial charge in [0.05, 0.1) is 17.0 Å². The van der Waals surface area contributed by atoms with E-state index >= 15 is 0 Å². The lowest BCUT2D eigenvalue weighted by atomic mass is 10.2. The van der Waals surface area contributed by atoms with Crippen molar-refractivity contribution >= 4 is 21.6 Å². The molecule has 3 rings (SSSR count). The number of carbonyl (C=O) groups excluding carboxylic acids is 1. The first-order chi connectivity index (χ1) is 10.9. The van der Waals surface area contributed by atoms with Gasteiger partial charge in [-0.05, 0) is 31.2 Å². The van der Waals surface area contributed by atoms with E-state index in [2.05, 4.69) is 10.1 Å². The molecule has 120 valence electrons. The maximum Gasteiger partial charge on any atom is 0.244 e. The lowest BCUT2D eigenvalue weighted by Gasteiger charge is -2.26. The molecule has 7 heteroatoms. The molecule has 2 N–H and O–H groups in total. The first kappa shape index (κ1) is 15.7. The second-order valence-electron chi connectivity index (χ2n) is 5.60. The second-order valence-corrected chi connectivity index (χ2v) is 7.29.